The fourth-order valence-electron chi connectivity index (χ4n) is 3.46. The number of anilines is 3. The van der Waals surface area contributed by atoms with Gasteiger partial charge < -0.3 is 31.2 Å². The molecule has 0 spiro atoms. The van der Waals surface area contributed by atoms with Gasteiger partial charge in [-0.25, -0.2) is 9.37 Å². The molecule has 2 heterocycles. The van der Waals surface area contributed by atoms with Crippen LogP contribution < -0.4 is 31.2 Å². The summed E-state index contributed by atoms with van der Waals surface area (Å²) < 4.78 is 25.3. The second-order valence-corrected chi connectivity index (χ2v) is 6.89. The number of ether oxygens (including phenoxy) is 2. The SMILES string of the molecule is COc1cc(Nc2nc(N3CCCCC3C(N)=O)c(F)cc2C(N)=O)cc(OC)c1. The van der Waals surface area contributed by atoms with Gasteiger partial charge in [-0.15, -0.1) is 0 Å². The molecule has 0 radical (unpaired) electrons. The van der Waals surface area contributed by atoms with E-state index in [0.29, 0.717) is 30.2 Å². The van der Waals surface area contributed by atoms with E-state index in [-0.39, 0.29) is 17.2 Å². The molecule has 30 heavy (non-hydrogen) atoms. The topological polar surface area (TPSA) is 133 Å². The van der Waals surface area contributed by atoms with Crippen molar-refractivity contribution in [3.05, 3.63) is 35.6 Å². The average molecular weight is 417 g/mol. The molecule has 1 aliphatic heterocycles. The van der Waals surface area contributed by atoms with Gasteiger partial charge in [-0.3, -0.25) is 9.59 Å². The van der Waals surface area contributed by atoms with Crippen LogP contribution in [0.15, 0.2) is 24.3 Å². The zero-order valence-corrected chi connectivity index (χ0v) is 16.8. The number of carbonyl (C=O) groups excluding carboxylic acids is 2. The number of hydrogen-bond acceptors (Lipinski definition) is 7. The van der Waals surface area contributed by atoms with Crippen molar-refractivity contribution in [2.75, 3.05) is 31.0 Å². The van der Waals surface area contributed by atoms with Crippen LogP contribution in [0.25, 0.3) is 0 Å². The molecule has 2 amide bonds. The Balaban J connectivity index is 2.06. The summed E-state index contributed by atoms with van der Waals surface area (Å²) in [6.45, 7) is 0.417. The van der Waals surface area contributed by atoms with Gasteiger partial charge in [-0.1, -0.05) is 0 Å². The van der Waals surface area contributed by atoms with Gasteiger partial charge in [-0.2, -0.15) is 0 Å². The maximum absolute atomic E-state index is 14.9. The number of rotatable bonds is 7. The van der Waals surface area contributed by atoms with Gasteiger partial charge in [0.15, 0.2) is 11.6 Å². The van der Waals surface area contributed by atoms with E-state index in [1.54, 1.807) is 18.2 Å². The highest BCUT2D eigenvalue weighted by Crippen LogP contribution is 2.32. The predicted octanol–water partition coefficient (Wildman–Crippen LogP) is 1.92. The van der Waals surface area contributed by atoms with Gasteiger partial charge >= 0.3 is 0 Å². The number of piperidine rings is 1. The molecule has 2 aromatic rings. The number of methoxy groups -OCH3 is 2. The Morgan fingerprint density at radius 2 is 1.80 bits per heavy atom. The molecule has 9 nitrogen and oxygen atoms in total. The number of pyridine rings is 1. The molecule has 0 aliphatic carbocycles. The molecule has 1 unspecified atom stereocenters. The maximum Gasteiger partial charge on any atom is 0.252 e. The molecular formula is C20H24FN5O4. The van der Waals surface area contributed by atoms with Crippen LogP contribution in [0.2, 0.25) is 0 Å². The summed E-state index contributed by atoms with van der Waals surface area (Å²) in [7, 11) is 3.00. The molecule has 1 aromatic carbocycles. The highest BCUT2D eigenvalue weighted by Gasteiger charge is 2.31. The van der Waals surface area contributed by atoms with Gasteiger partial charge in [0.05, 0.1) is 19.8 Å². The second-order valence-electron chi connectivity index (χ2n) is 6.89. The van der Waals surface area contributed by atoms with Crippen molar-refractivity contribution in [3.63, 3.8) is 0 Å². The molecular weight excluding hydrogens is 393 g/mol. The molecule has 1 fully saturated rings. The first kappa shape index (κ1) is 21.2. The van der Waals surface area contributed by atoms with Crippen molar-refractivity contribution >= 4 is 29.1 Å². The third-order valence-electron chi connectivity index (χ3n) is 4.94. The number of halogens is 1. The predicted molar refractivity (Wildman–Crippen MR) is 110 cm³/mol. The van der Waals surface area contributed by atoms with E-state index in [9.17, 15) is 14.0 Å². The Morgan fingerprint density at radius 1 is 1.13 bits per heavy atom. The summed E-state index contributed by atoms with van der Waals surface area (Å²) in [6, 6.07) is 5.33. The summed E-state index contributed by atoms with van der Waals surface area (Å²) >= 11 is 0. The van der Waals surface area contributed by atoms with Crippen LogP contribution in [0.3, 0.4) is 0 Å². The van der Waals surface area contributed by atoms with E-state index in [1.807, 2.05) is 0 Å². The monoisotopic (exact) mass is 417 g/mol. The second kappa shape index (κ2) is 8.85. The Bertz CT molecular complexity index is 946. The molecule has 3 rings (SSSR count). The molecule has 5 N–H and O–H groups in total. The summed E-state index contributed by atoms with van der Waals surface area (Å²) in [5.74, 6) is -1.18. The van der Waals surface area contributed by atoms with Crippen LogP contribution in [-0.2, 0) is 4.79 Å². The highest BCUT2D eigenvalue weighted by atomic mass is 19.1. The Kier molecular flexibility index (Phi) is 6.24. The van der Waals surface area contributed by atoms with Crippen LogP contribution in [0.5, 0.6) is 11.5 Å². The molecule has 1 aromatic heterocycles. The normalized spacial score (nSPS) is 16.1. The number of nitrogens with one attached hydrogen (secondary N) is 1. The lowest BCUT2D eigenvalue weighted by Gasteiger charge is -2.35. The first-order valence-corrected chi connectivity index (χ1v) is 9.40. The van der Waals surface area contributed by atoms with Crippen molar-refractivity contribution in [1.82, 2.24) is 4.98 Å². The van der Waals surface area contributed by atoms with Crippen LogP contribution >= 0.6 is 0 Å². The molecule has 1 aliphatic rings. The Morgan fingerprint density at radius 3 is 2.37 bits per heavy atom. The number of aromatic nitrogens is 1. The van der Waals surface area contributed by atoms with Gasteiger partial charge in [0.1, 0.15) is 23.4 Å². The number of carbonyl (C=O) groups is 2. The van der Waals surface area contributed by atoms with Crippen molar-refractivity contribution in [2.45, 2.75) is 25.3 Å². The minimum atomic E-state index is -0.851. The van der Waals surface area contributed by atoms with E-state index in [4.69, 9.17) is 20.9 Å². The van der Waals surface area contributed by atoms with E-state index >= 15 is 0 Å². The first-order chi connectivity index (χ1) is 14.3. The van der Waals surface area contributed by atoms with E-state index in [0.717, 1.165) is 18.9 Å². The third-order valence-corrected chi connectivity index (χ3v) is 4.94. The fraction of sp³-hybridized carbons (Fsp3) is 0.350. The lowest BCUT2D eigenvalue weighted by Crippen LogP contribution is -2.48. The van der Waals surface area contributed by atoms with Crippen LogP contribution in [0.4, 0.5) is 21.7 Å². The summed E-state index contributed by atoms with van der Waals surface area (Å²) in [6.07, 6.45) is 2.07. The number of amides is 2. The number of benzene rings is 1. The van der Waals surface area contributed by atoms with Crippen LogP contribution in [0.1, 0.15) is 29.6 Å². The third kappa shape index (κ3) is 4.37. The molecule has 160 valence electrons. The minimum Gasteiger partial charge on any atom is -0.497 e. The van der Waals surface area contributed by atoms with Gasteiger partial charge in [-0.05, 0) is 25.3 Å². The van der Waals surface area contributed by atoms with Gasteiger partial charge in [0.2, 0.25) is 5.91 Å². The van der Waals surface area contributed by atoms with E-state index < -0.39 is 23.7 Å². The lowest BCUT2D eigenvalue weighted by molar-refractivity contribution is -0.119. The number of nitrogens with zero attached hydrogens (tertiary/aromatic N) is 2. The average Bonchev–Trinajstić information content (AvgIpc) is 2.74. The van der Waals surface area contributed by atoms with Crippen molar-refractivity contribution in [3.8, 4) is 11.5 Å². The standard InChI is InChI=1S/C20H24FN5O4/c1-29-12-7-11(8-13(9-12)30-2)24-19-14(17(22)27)10-15(21)20(25-19)26-6-4-3-5-16(26)18(23)28/h7-10,16H,3-6H2,1-2H3,(H2,22,27)(H2,23,28)(H,24,25). The Labute approximate surface area is 173 Å². The lowest BCUT2D eigenvalue weighted by atomic mass is 10.0. The van der Waals surface area contributed by atoms with E-state index in [2.05, 4.69) is 10.3 Å². The largest absolute Gasteiger partial charge is 0.497 e. The fourth-order valence-corrected chi connectivity index (χ4v) is 3.46. The molecule has 1 atom stereocenters. The van der Waals surface area contributed by atoms with Gasteiger partial charge in [0.25, 0.3) is 5.91 Å². The molecule has 10 heteroatoms. The number of hydrogen-bond donors (Lipinski definition) is 3. The van der Waals surface area contributed by atoms with Crippen molar-refractivity contribution in [1.29, 1.82) is 0 Å². The van der Waals surface area contributed by atoms with Crippen molar-refractivity contribution < 1.29 is 23.5 Å². The zero-order valence-electron chi connectivity index (χ0n) is 16.8. The quantitative estimate of drug-likeness (QED) is 0.627. The number of nitrogens with two attached hydrogens (primary N) is 2. The smallest absolute Gasteiger partial charge is 0.252 e. The molecule has 0 saturated carbocycles. The zero-order chi connectivity index (χ0) is 21.8. The molecule has 1 saturated heterocycles. The van der Waals surface area contributed by atoms with Crippen LogP contribution in [-0.4, -0.2) is 43.6 Å². The van der Waals surface area contributed by atoms with Crippen LogP contribution in [0, 0.1) is 5.82 Å². The highest BCUT2D eigenvalue weighted by molar-refractivity contribution is 5.98. The summed E-state index contributed by atoms with van der Waals surface area (Å²) in [5, 5.41) is 2.97. The minimum absolute atomic E-state index is 0.0444. The van der Waals surface area contributed by atoms with E-state index in [1.165, 1.54) is 19.1 Å². The van der Waals surface area contributed by atoms with Crippen molar-refractivity contribution in [2.24, 2.45) is 11.5 Å². The summed E-state index contributed by atoms with van der Waals surface area (Å²) in [5.41, 5.74) is 11.3. The van der Waals surface area contributed by atoms with Gasteiger partial charge in [0, 0.05) is 30.4 Å². The number of primary amides is 2. The maximum atomic E-state index is 14.9. The molecule has 0 bridgehead atoms. The Hall–Kier alpha value is -3.56. The first-order valence-electron chi connectivity index (χ1n) is 9.40. The summed E-state index contributed by atoms with van der Waals surface area (Å²) in [4.78, 5) is 29.6.